The molecule has 0 heterocycles. The predicted octanol–water partition coefficient (Wildman–Crippen LogP) is 3.59. The summed E-state index contributed by atoms with van der Waals surface area (Å²) in [5.74, 6) is 0.693. The lowest BCUT2D eigenvalue weighted by atomic mass is 9.83. The molecule has 2 unspecified atom stereocenters. The zero-order chi connectivity index (χ0) is 14.4. The average molecular weight is 274 g/mol. The molecule has 112 valence electrons. The van der Waals surface area contributed by atoms with Gasteiger partial charge in [0, 0.05) is 12.6 Å². The Kier molecular flexibility index (Phi) is 6.06. The second-order valence-corrected chi connectivity index (χ2v) is 6.08. The number of nitrogens with zero attached hydrogens (tertiary/aromatic N) is 1. The molecule has 1 aliphatic rings. The Labute approximate surface area is 124 Å². The third-order valence-electron chi connectivity index (χ3n) is 4.86. The van der Waals surface area contributed by atoms with Crippen LogP contribution in [0.2, 0.25) is 0 Å². The van der Waals surface area contributed by atoms with Crippen LogP contribution in [-0.4, -0.2) is 24.0 Å². The van der Waals surface area contributed by atoms with Gasteiger partial charge in [0.05, 0.1) is 0 Å². The molecule has 0 spiro atoms. The molecule has 2 nitrogen and oxygen atoms in total. The molecular formula is C18H30N2. The number of aryl methyl sites for hydroxylation is 1. The average Bonchev–Trinajstić information content (AvgIpc) is 2.53. The number of hydrogen-bond acceptors (Lipinski definition) is 2. The van der Waals surface area contributed by atoms with Crippen LogP contribution in [-0.2, 0) is 13.0 Å². The maximum absolute atomic E-state index is 5.99. The molecule has 0 amide bonds. The highest BCUT2D eigenvalue weighted by molar-refractivity contribution is 5.22. The maximum atomic E-state index is 5.99. The second-order valence-electron chi connectivity index (χ2n) is 6.08. The van der Waals surface area contributed by atoms with Gasteiger partial charge >= 0.3 is 0 Å². The van der Waals surface area contributed by atoms with Gasteiger partial charge in [0.25, 0.3) is 0 Å². The number of nitrogens with two attached hydrogens (primary N) is 1. The summed E-state index contributed by atoms with van der Waals surface area (Å²) in [7, 11) is 0. The third-order valence-corrected chi connectivity index (χ3v) is 4.86. The lowest BCUT2D eigenvalue weighted by Gasteiger charge is -2.39. The fraction of sp³-hybridized carbons (Fsp3) is 0.667. The minimum atomic E-state index is 0.685. The largest absolute Gasteiger partial charge is 0.330 e. The minimum Gasteiger partial charge on any atom is -0.330 e. The maximum Gasteiger partial charge on any atom is 0.0236 e. The summed E-state index contributed by atoms with van der Waals surface area (Å²) in [6, 6.07) is 9.81. The van der Waals surface area contributed by atoms with Crippen molar-refractivity contribution in [3.05, 3.63) is 35.4 Å². The summed E-state index contributed by atoms with van der Waals surface area (Å²) in [5, 5.41) is 0. The van der Waals surface area contributed by atoms with Crippen LogP contribution < -0.4 is 5.73 Å². The molecular weight excluding hydrogens is 244 g/mol. The van der Waals surface area contributed by atoms with Crippen molar-refractivity contribution in [2.45, 2.75) is 58.5 Å². The van der Waals surface area contributed by atoms with Crippen LogP contribution in [0, 0.1) is 5.92 Å². The Hall–Kier alpha value is -0.860. The van der Waals surface area contributed by atoms with Gasteiger partial charge in [-0.25, -0.2) is 0 Å². The molecule has 2 atom stereocenters. The summed E-state index contributed by atoms with van der Waals surface area (Å²) in [6.45, 7) is 7.53. The monoisotopic (exact) mass is 274 g/mol. The molecule has 2 heteroatoms. The molecule has 0 radical (unpaired) electrons. The van der Waals surface area contributed by atoms with Crippen LogP contribution >= 0.6 is 0 Å². The van der Waals surface area contributed by atoms with Crippen LogP contribution in [0.15, 0.2) is 24.3 Å². The second kappa shape index (κ2) is 7.80. The van der Waals surface area contributed by atoms with Crippen molar-refractivity contribution in [1.82, 2.24) is 4.90 Å². The standard InChI is InChI=1S/C18H30N2/c1-3-15-9-11-16(12-10-15)14-20(4-2)18-8-6-5-7-17(18)13-19/h9-12,17-18H,3-8,13-14,19H2,1-2H3. The number of hydrogen-bond donors (Lipinski definition) is 1. The van der Waals surface area contributed by atoms with E-state index in [2.05, 4.69) is 43.0 Å². The van der Waals surface area contributed by atoms with E-state index < -0.39 is 0 Å². The first-order valence-corrected chi connectivity index (χ1v) is 8.30. The van der Waals surface area contributed by atoms with Gasteiger partial charge in [-0.15, -0.1) is 0 Å². The highest BCUT2D eigenvalue weighted by Gasteiger charge is 2.28. The normalized spacial score (nSPS) is 23.2. The van der Waals surface area contributed by atoms with Crippen LogP contribution in [0.1, 0.15) is 50.7 Å². The van der Waals surface area contributed by atoms with Crippen LogP contribution in [0.5, 0.6) is 0 Å². The van der Waals surface area contributed by atoms with E-state index >= 15 is 0 Å². The van der Waals surface area contributed by atoms with E-state index in [0.29, 0.717) is 12.0 Å². The molecule has 1 aromatic carbocycles. The summed E-state index contributed by atoms with van der Waals surface area (Å²) >= 11 is 0. The Balaban J connectivity index is 2.02. The van der Waals surface area contributed by atoms with Gasteiger partial charge in [0.2, 0.25) is 0 Å². The SMILES string of the molecule is CCc1ccc(CN(CC)C2CCCCC2CN)cc1. The first kappa shape index (κ1) is 15.5. The highest BCUT2D eigenvalue weighted by atomic mass is 15.2. The number of rotatable bonds is 6. The summed E-state index contributed by atoms with van der Waals surface area (Å²) in [6.07, 6.45) is 6.48. The van der Waals surface area contributed by atoms with Gasteiger partial charge < -0.3 is 5.73 Å². The van der Waals surface area contributed by atoms with Crippen molar-refractivity contribution < 1.29 is 0 Å². The molecule has 1 aromatic rings. The van der Waals surface area contributed by atoms with E-state index in [1.807, 2.05) is 0 Å². The van der Waals surface area contributed by atoms with Crippen LogP contribution in [0.3, 0.4) is 0 Å². The molecule has 0 aliphatic heterocycles. The van der Waals surface area contributed by atoms with Crippen LogP contribution in [0.25, 0.3) is 0 Å². The lowest BCUT2D eigenvalue weighted by Crippen LogP contribution is -2.44. The summed E-state index contributed by atoms with van der Waals surface area (Å²) in [5.41, 5.74) is 8.85. The molecule has 0 bridgehead atoms. The molecule has 0 aromatic heterocycles. The van der Waals surface area contributed by atoms with Crippen molar-refractivity contribution in [2.75, 3.05) is 13.1 Å². The zero-order valence-electron chi connectivity index (χ0n) is 13.1. The highest BCUT2D eigenvalue weighted by Crippen LogP contribution is 2.28. The van der Waals surface area contributed by atoms with Crippen LogP contribution in [0.4, 0.5) is 0 Å². The van der Waals surface area contributed by atoms with Crippen molar-refractivity contribution in [3.63, 3.8) is 0 Å². The molecule has 2 rings (SSSR count). The van der Waals surface area contributed by atoms with E-state index in [9.17, 15) is 0 Å². The van der Waals surface area contributed by atoms with Gasteiger partial charge in [-0.1, -0.05) is 51.0 Å². The van der Waals surface area contributed by atoms with E-state index in [4.69, 9.17) is 5.73 Å². The first-order chi connectivity index (χ1) is 9.78. The van der Waals surface area contributed by atoms with Crippen molar-refractivity contribution in [2.24, 2.45) is 11.7 Å². The minimum absolute atomic E-state index is 0.685. The Morgan fingerprint density at radius 3 is 2.30 bits per heavy atom. The summed E-state index contributed by atoms with van der Waals surface area (Å²) < 4.78 is 0. The fourth-order valence-corrected chi connectivity index (χ4v) is 3.52. The van der Waals surface area contributed by atoms with Gasteiger partial charge in [-0.3, -0.25) is 4.90 Å². The molecule has 0 saturated heterocycles. The quantitative estimate of drug-likeness (QED) is 0.859. The first-order valence-electron chi connectivity index (χ1n) is 8.30. The van der Waals surface area contributed by atoms with Crippen molar-refractivity contribution >= 4 is 0 Å². The predicted molar refractivity (Wildman–Crippen MR) is 86.7 cm³/mol. The Morgan fingerprint density at radius 2 is 1.70 bits per heavy atom. The molecule has 2 N–H and O–H groups in total. The summed E-state index contributed by atoms with van der Waals surface area (Å²) in [4.78, 5) is 2.64. The topological polar surface area (TPSA) is 29.3 Å². The fourth-order valence-electron chi connectivity index (χ4n) is 3.52. The van der Waals surface area contributed by atoms with Crippen molar-refractivity contribution in [3.8, 4) is 0 Å². The van der Waals surface area contributed by atoms with Gasteiger partial charge in [0.1, 0.15) is 0 Å². The smallest absolute Gasteiger partial charge is 0.0236 e. The Morgan fingerprint density at radius 1 is 1.05 bits per heavy atom. The van der Waals surface area contributed by atoms with Gasteiger partial charge in [0.15, 0.2) is 0 Å². The lowest BCUT2D eigenvalue weighted by molar-refractivity contribution is 0.105. The molecule has 1 fully saturated rings. The zero-order valence-corrected chi connectivity index (χ0v) is 13.1. The van der Waals surface area contributed by atoms with E-state index in [-0.39, 0.29) is 0 Å². The van der Waals surface area contributed by atoms with E-state index in [1.165, 1.54) is 36.8 Å². The van der Waals surface area contributed by atoms with Gasteiger partial charge in [-0.05, 0) is 49.4 Å². The van der Waals surface area contributed by atoms with E-state index in [1.54, 1.807) is 0 Å². The molecule has 20 heavy (non-hydrogen) atoms. The van der Waals surface area contributed by atoms with Crippen molar-refractivity contribution in [1.29, 1.82) is 0 Å². The third kappa shape index (κ3) is 3.83. The van der Waals surface area contributed by atoms with Gasteiger partial charge in [-0.2, -0.15) is 0 Å². The molecule has 1 saturated carbocycles. The van der Waals surface area contributed by atoms with E-state index in [0.717, 1.165) is 26.1 Å². The molecule has 1 aliphatic carbocycles. The number of benzene rings is 1. The Bertz CT molecular complexity index is 385.